The number of nitrogens with one attached hydrogen (secondary N) is 3. The van der Waals surface area contributed by atoms with Crippen LogP contribution in [-0.4, -0.2) is 109 Å². The van der Waals surface area contributed by atoms with Gasteiger partial charge in [-0.2, -0.15) is 13.2 Å². The molecular formula is C42H54F3N5O11S. The Hall–Kier alpha value is -5.14. The van der Waals surface area contributed by atoms with Crippen LogP contribution >= 0.6 is 0 Å². The van der Waals surface area contributed by atoms with Gasteiger partial charge in [-0.1, -0.05) is 32.4 Å². The number of sulfonamides is 1. The predicted octanol–water partition coefficient (Wildman–Crippen LogP) is 5.09. The van der Waals surface area contributed by atoms with Crippen molar-refractivity contribution >= 4 is 50.6 Å². The van der Waals surface area contributed by atoms with Crippen molar-refractivity contribution in [2.75, 3.05) is 20.8 Å². The lowest BCUT2D eigenvalue weighted by atomic mass is 9.85. The number of alkyl carbamates (subject to hydrolysis) is 1. The smallest absolute Gasteiger partial charge is 0.427 e. The van der Waals surface area contributed by atoms with Crippen molar-refractivity contribution in [2.24, 2.45) is 17.8 Å². The zero-order valence-electron chi connectivity index (χ0n) is 35.7. The first-order valence-corrected chi connectivity index (χ1v) is 22.1. The van der Waals surface area contributed by atoms with Gasteiger partial charge in [0.1, 0.15) is 29.5 Å². The van der Waals surface area contributed by atoms with E-state index >= 15 is 0 Å². The molecule has 340 valence electrons. The number of fused-ring (bicyclic) bond motifs is 3. The summed E-state index contributed by atoms with van der Waals surface area (Å²) in [6, 6.07) is 1.93. The van der Waals surface area contributed by atoms with E-state index in [1.165, 1.54) is 27.3 Å². The first-order valence-electron chi connectivity index (χ1n) is 20.6. The van der Waals surface area contributed by atoms with Crippen molar-refractivity contribution in [1.82, 2.24) is 25.2 Å². The molecule has 7 atom stereocenters. The number of hydrogen-bond donors (Lipinski definition) is 3. The van der Waals surface area contributed by atoms with Crippen LogP contribution in [0.4, 0.5) is 18.0 Å². The van der Waals surface area contributed by atoms with E-state index in [1.54, 1.807) is 31.2 Å². The van der Waals surface area contributed by atoms with E-state index in [0.29, 0.717) is 68.9 Å². The Morgan fingerprint density at radius 3 is 2.42 bits per heavy atom. The topological polar surface area (TPSA) is 209 Å². The number of benzene rings is 1. The van der Waals surface area contributed by atoms with Gasteiger partial charge in [-0.05, 0) is 89.3 Å². The summed E-state index contributed by atoms with van der Waals surface area (Å²) < 4.78 is 90.6. The Morgan fingerprint density at radius 2 is 1.79 bits per heavy atom. The molecule has 2 aromatic rings. The van der Waals surface area contributed by atoms with Crippen molar-refractivity contribution in [3.63, 3.8) is 0 Å². The number of carbonyl (C=O) groups is 5. The van der Waals surface area contributed by atoms with Gasteiger partial charge in [-0.25, -0.2) is 23.0 Å². The lowest BCUT2D eigenvalue weighted by Gasteiger charge is -2.35. The molecule has 0 radical (unpaired) electrons. The van der Waals surface area contributed by atoms with Crippen LogP contribution in [0.3, 0.4) is 0 Å². The number of alkyl halides is 3. The predicted molar refractivity (Wildman–Crippen MR) is 217 cm³/mol. The summed E-state index contributed by atoms with van der Waals surface area (Å²) in [4.78, 5) is 75.1. The number of hydrogen-bond acceptors (Lipinski definition) is 12. The number of ether oxygens (including phenoxy) is 4. The third kappa shape index (κ3) is 9.29. The molecule has 3 N–H and O–H groups in total. The number of halogens is 3. The van der Waals surface area contributed by atoms with Gasteiger partial charge in [-0.3, -0.25) is 19.1 Å². The largest absolute Gasteiger partial charge is 0.497 e. The molecule has 1 aromatic heterocycles. The minimum absolute atomic E-state index is 0.0193. The van der Waals surface area contributed by atoms with E-state index in [1.807, 2.05) is 13.0 Å². The molecule has 62 heavy (non-hydrogen) atoms. The van der Waals surface area contributed by atoms with Crippen LogP contribution in [0.15, 0.2) is 36.5 Å². The molecule has 1 saturated heterocycles. The van der Waals surface area contributed by atoms with E-state index in [0.717, 1.165) is 4.90 Å². The summed E-state index contributed by atoms with van der Waals surface area (Å²) >= 11 is 0. The molecule has 3 fully saturated rings. The number of carbonyl (C=O) groups excluding carboxylic acids is 5. The number of amides is 4. The Kier molecular flexibility index (Phi) is 12.9. The molecule has 3 heterocycles. The summed E-state index contributed by atoms with van der Waals surface area (Å²) in [5.41, 5.74) is -4.51. The number of allylic oxidation sites excluding steroid dienone is 1. The van der Waals surface area contributed by atoms with Crippen LogP contribution < -0.4 is 24.8 Å². The highest BCUT2D eigenvalue weighted by Gasteiger charge is 2.63. The second-order valence-electron chi connectivity index (χ2n) is 17.6. The number of pyridine rings is 1. The zero-order valence-corrected chi connectivity index (χ0v) is 36.5. The van der Waals surface area contributed by atoms with Crippen molar-refractivity contribution in [3.05, 3.63) is 42.1 Å². The fourth-order valence-corrected chi connectivity index (χ4v) is 9.42. The highest BCUT2D eigenvalue weighted by atomic mass is 32.2. The highest BCUT2D eigenvalue weighted by Crippen LogP contribution is 2.48. The van der Waals surface area contributed by atoms with Crippen molar-refractivity contribution in [1.29, 1.82) is 0 Å². The van der Waals surface area contributed by atoms with E-state index in [2.05, 4.69) is 20.3 Å². The van der Waals surface area contributed by atoms with E-state index in [4.69, 9.17) is 18.9 Å². The summed E-state index contributed by atoms with van der Waals surface area (Å²) in [7, 11) is -1.46. The Bertz CT molecular complexity index is 2250. The molecule has 2 aliphatic carbocycles. The quantitative estimate of drug-likeness (QED) is 0.211. The highest BCUT2D eigenvalue weighted by molar-refractivity contribution is 7.91. The van der Waals surface area contributed by atoms with Crippen molar-refractivity contribution in [3.8, 4) is 11.6 Å². The zero-order chi connectivity index (χ0) is 45.6. The number of methoxy groups -OCH3 is 2. The molecular weight excluding hydrogens is 840 g/mol. The molecule has 2 aliphatic heterocycles. The van der Waals surface area contributed by atoms with Crippen molar-refractivity contribution in [2.45, 2.75) is 126 Å². The van der Waals surface area contributed by atoms with Gasteiger partial charge in [0.25, 0.3) is 5.91 Å². The fraction of sp³-hybridized carbons (Fsp3) is 0.619. The van der Waals surface area contributed by atoms with Gasteiger partial charge < -0.3 is 34.5 Å². The van der Waals surface area contributed by atoms with Gasteiger partial charge in [0.05, 0.1) is 31.1 Å². The lowest BCUT2D eigenvalue weighted by Crippen LogP contribution is -2.60. The molecule has 2 saturated carbocycles. The van der Waals surface area contributed by atoms with Crippen LogP contribution in [0.5, 0.6) is 11.6 Å². The molecule has 0 spiro atoms. The third-order valence-corrected chi connectivity index (χ3v) is 14.8. The maximum Gasteiger partial charge on any atom is 0.427 e. The maximum atomic E-state index is 15.0. The van der Waals surface area contributed by atoms with Gasteiger partial charge in [0, 0.05) is 29.3 Å². The van der Waals surface area contributed by atoms with Crippen LogP contribution in [0, 0.1) is 17.8 Å². The van der Waals surface area contributed by atoms with E-state index < -0.39 is 91.9 Å². The first-order chi connectivity index (χ1) is 29.0. The van der Waals surface area contributed by atoms with Crippen LogP contribution in [-0.2, 0) is 33.9 Å². The Morgan fingerprint density at radius 1 is 1.08 bits per heavy atom. The van der Waals surface area contributed by atoms with E-state index in [9.17, 15) is 45.6 Å². The van der Waals surface area contributed by atoms with Gasteiger partial charge in [0.15, 0.2) is 0 Å². The summed E-state index contributed by atoms with van der Waals surface area (Å²) in [5.74, 6) is -4.11. The first kappa shape index (κ1) is 46.4. The minimum atomic E-state index is -4.94. The Balaban J connectivity index is 1.39. The van der Waals surface area contributed by atoms with Gasteiger partial charge >= 0.3 is 18.2 Å². The lowest BCUT2D eigenvalue weighted by molar-refractivity contribution is -0.244. The van der Waals surface area contributed by atoms with Gasteiger partial charge in [0.2, 0.25) is 33.3 Å². The van der Waals surface area contributed by atoms with Crippen LogP contribution in [0.2, 0.25) is 0 Å². The Labute approximate surface area is 358 Å². The third-order valence-electron chi connectivity index (χ3n) is 12.7. The molecule has 4 amide bonds. The SMILES string of the molecule is CC[C@@H]1C[C@H](C)CC/C=C\[C@@H]2C[C@@]2(C(=O)NS(=O)(=O)C2(C)CC2)NC(=O)[C@@H]2C[C@@H](Oc3ncc(C(=O)OC)c4cc(OC)ccc34)CN2C(=O)[C@H]1NC(=O)OC(C)(C)C(F)(F)F. The van der Waals surface area contributed by atoms with Gasteiger partial charge in [-0.15, -0.1) is 0 Å². The average Bonchev–Trinajstić information content (AvgIpc) is 4.09. The maximum absolute atomic E-state index is 15.0. The van der Waals surface area contributed by atoms with Crippen LogP contribution in [0.1, 0.15) is 96.3 Å². The molecule has 4 aliphatic rings. The monoisotopic (exact) mass is 893 g/mol. The second kappa shape index (κ2) is 17.2. The molecule has 16 nitrogen and oxygen atoms in total. The normalized spacial score (nSPS) is 28.2. The average molecular weight is 894 g/mol. The molecule has 0 bridgehead atoms. The number of aromatic nitrogens is 1. The second-order valence-corrected chi connectivity index (χ2v) is 19.7. The standard InChI is InChI=1S/C42H54F3N5O11S/c1-8-24-17-23(2)11-9-10-12-25-20-41(25,37(54)49-62(56,57)40(5)15-16-40)48-33(51)31-19-27(22-50(31)35(52)32(24)47-38(55)61-39(3,4)42(43,44)45)60-34-28-14-13-26(58-6)18-29(28)30(21-46-34)36(53)59-7/h10,12-14,18,21,23-25,27,31-32H,8-9,11,15-17,19-20,22H2,1-7H3,(H,47,55)(H,48,51)(H,49,54)/b12-10-/t23-,24-,25-,27-,31+,32+,41-/m1/s1. The summed E-state index contributed by atoms with van der Waals surface area (Å²) in [6.45, 7) is 6.30. The number of nitrogens with zero attached hydrogens (tertiary/aromatic N) is 2. The van der Waals surface area contributed by atoms with Crippen LogP contribution in [0.25, 0.3) is 10.8 Å². The van der Waals surface area contributed by atoms with Crippen molar-refractivity contribution < 1.29 is 64.5 Å². The molecule has 20 heteroatoms. The number of rotatable bonds is 10. The van der Waals surface area contributed by atoms with E-state index in [-0.39, 0.29) is 36.7 Å². The summed E-state index contributed by atoms with van der Waals surface area (Å²) in [5, 5.41) is 5.91. The molecule has 1 aromatic carbocycles. The molecule has 6 rings (SSSR count). The minimum Gasteiger partial charge on any atom is -0.497 e. The summed E-state index contributed by atoms with van der Waals surface area (Å²) in [6.07, 6.45) is -0.211. The number of esters is 1. The molecule has 0 unspecified atom stereocenters. The fourth-order valence-electron chi connectivity index (χ4n) is 8.11.